The smallest absolute Gasteiger partial charge is 0.338 e. The topological polar surface area (TPSA) is 158 Å². The SMILES string of the molecule is CNS(=O)(=O)c1cccc(C(=O)OC(C)C(=O)Nc2nc(-c3cccc([N+](=O)[O-])c3)cs2)c1. The summed E-state index contributed by atoms with van der Waals surface area (Å²) in [6.45, 7) is 1.36. The Labute approximate surface area is 192 Å². The molecule has 0 spiro atoms. The minimum atomic E-state index is -3.75. The van der Waals surface area contributed by atoms with Gasteiger partial charge in [0.25, 0.3) is 11.6 Å². The van der Waals surface area contributed by atoms with Crippen molar-refractivity contribution in [3.63, 3.8) is 0 Å². The molecule has 0 saturated carbocycles. The molecule has 0 bridgehead atoms. The molecule has 1 unspecified atom stereocenters. The first-order valence-electron chi connectivity index (χ1n) is 9.36. The van der Waals surface area contributed by atoms with Crippen LogP contribution in [0.3, 0.4) is 0 Å². The number of nitro groups is 1. The lowest BCUT2D eigenvalue weighted by atomic mass is 10.1. The second-order valence-corrected chi connectivity index (χ2v) is 9.36. The third-order valence-electron chi connectivity index (χ3n) is 4.39. The van der Waals surface area contributed by atoms with E-state index >= 15 is 0 Å². The molecule has 0 aliphatic rings. The summed E-state index contributed by atoms with van der Waals surface area (Å²) >= 11 is 1.10. The van der Waals surface area contributed by atoms with Crippen LogP contribution in [0.1, 0.15) is 17.3 Å². The number of anilines is 1. The number of hydrogen-bond donors (Lipinski definition) is 2. The minimum Gasteiger partial charge on any atom is -0.449 e. The first-order chi connectivity index (χ1) is 15.6. The van der Waals surface area contributed by atoms with E-state index in [1.165, 1.54) is 50.4 Å². The molecule has 2 aromatic carbocycles. The number of nitrogens with one attached hydrogen (secondary N) is 2. The first-order valence-corrected chi connectivity index (χ1v) is 11.7. The number of thiazole rings is 1. The van der Waals surface area contributed by atoms with Gasteiger partial charge in [-0.1, -0.05) is 18.2 Å². The summed E-state index contributed by atoms with van der Waals surface area (Å²) in [6.07, 6.45) is -1.20. The van der Waals surface area contributed by atoms with Crippen molar-refractivity contribution in [1.29, 1.82) is 0 Å². The van der Waals surface area contributed by atoms with E-state index in [2.05, 4.69) is 15.0 Å². The van der Waals surface area contributed by atoms with Crippen molar-refractivity contribution in [3.8, 4) is 11.3 Å². The lowest BCUT2D eigenvalue weighted by Crippen LogP contribution is -2.30. The van der Waals surface area contributed by atoms with Crippen molar-refractivity contribution >= 4 is 44.1 Å². The largest absolute Gasteiger partial charge is 0.449 e. The molecule has 1 amide bonds. The van der Waals surface area contributed by atoms with Gasteiger partial charge >= 0.3 is 5.97 Å². The Bertz CT molecular complexity index is 1320. The second kappa shape index (κ2) is 9.85. The summed E-state index contributed by atoms with van der Waals surface area (Å²) in [4.78, 5) is 39.3. The molecule has 1 atom stereocenters. The summed E-state index contributed by atoms with van der Waals surface area (Å²) in [5, 5.41) is 15.3. The number of esters is 1. The number of rotatable bonds is 8. The van der Waals surface area contributed by atoms with Crippen molar-refractivity contribution in [1.82, 2.24) is 9.71 Å². The average Bonchev–Trinajstić information content (AvgIpc) is 3.27. The van der Waals surface area contributed by atoms with Crippen molar-refractivity contribution in [2.45, 2.75) is 17.9 Å². The molecule has 0 saturated heterocycles. The van der Waals surface area contributed by atoms with Crippen LogP contribution in [-0.4, -0.2) is 43.4 Å². The molecule has 13 heteroatoms. The monoisotopic (exact) mass is 490 g/mol. The van der Waals surface area contributed by atoms with Gasteiger partial charge in [0.15, 0.2) is 11.2 Å². The van der Waals surface area contributed by atoms with Crippen LogP contribution < -0.4 is 10.0 Å². The number of sulfonamides is 1. The molecule has 3 rings (SSSR count). The van der Waals surface area contributed by atoms with Crippen molar-refractivity contribution in [2.24, 2.45) is 0 Å². The standard InChI is InChI=1S/C20H18N4O7S2/c1-12(31-19(26)14-6-4-8-16(10-14)33(29,30)21-2)18(25)23-20-22-17(11-32-20)13-5-3-7-15(9-13)24(27)28/h3-12,21H,1-2H3,(H,22,23,25). The highest BCUT2D eigenvalue weighted by Gasteiger charge is 2.22. The summed E-state index contributed by atoms with van der Waals surface area (Å²) < 4.78 is 31.1. The highest BCUT2D eigenvalue weighted by Crippen LogP contribution is 2.27. The van der Waals surface area contributed by atoms with Gasteiger partial charge in [0.1, 0.15) is 0 Å². The van der Waals surface area contributed by atoms with Crippen LogP contribution in [-0.2, 0) is 19.6 Å². The number of carbonyl (C=O) groups excluding carboxylic acids is 2. The zero-order valence-corrected chi connectivity index (χ0v) is 19.0. The van der Waals surface area contributed by atoms with Gasteiger partial charge in [-0.15, -0.1) is 11.3 Å². The number of benzene rings is 2. The highest BCUT2D eigenvalue weighted by molar-refractivity contribution is 7.89. The Balaban J connectivity index is 1.66. The van der Waals surface area contributed by atoms with Gasteiger partial charge in [-0.3, -0.25) is 20.2 Å². The maximum absolute atomic E-state index is 12.4. The van der Waals surface area contributed by atoms with Crippen LogP contribution >= 0.6 is 11.3 Å². The summed E-state index contributed by atoms with van der Waals surface area (Å²) in [5.74, 6) is -1.52. The number of nitro benzene ring substituents is 1. The fourth-order valence-electron chi connectivity index (χ4n) is 2.64. The van der Waals surface area contributed by atoms with Crippen LogP contribution in [0.2, 0.25) is 0 Å². The van der Waals surface area contributed by atoms with Crippen LogP contribution in [0, 0.1) is 10.1 Å². The summed E-state index contributed by atoms with van der Waals surface area (Å²) in [6, 6.07) is 11.1. The number of amides is 1. The third kappa shape index (κ3) is 5.77. The summed E-state index contributed by atoms with van der Waals surface area (Å²) in [7, 11) is -2.50. The predicted molar refractivity (Wildman–Crippen MR) is 120 cm³/mol. The second-order valence-electron chi connectivity index (χ2n) is 6.62. The van der Waals surface area contributed by atoms with E-state index in [9.17, 15) is 28.1 Å². The minimum absolute atomic E-state index is 0.0341. The fraction of sp³-hybridized carbons (Fsp3) is 0.150. The number of hydrogen-bond acceptors (Lipinski definition) is 9. The molecule has 172 valence electrons. The van der Waals surface area contributed by atoms with E-state index in [-0.39, 0.29) is 21.3 Å². The first kappa shape index (κ1) is 24.0. The molecule has 0 radical (unpaired) electrons. The summed E-state index contributed by atoms with van der Waals surface area (Å²) in [5.41, 5.74) is 0.828. The maximum atomic E-state index is 12.4. The lowest BCUT2D eigenvalue weighted by molar-refractivity contribution is -0.384. The van der Waals surface area contributed by atoms with Crippen molar-refractivity contribution in [3.05, 3.63) is 69.6 Å². The third-order valence-corrected chi connectivity index (χ3v) is 6.56. The zero-order chi connectivity index (χ0) is 24.2. The van der Waals surface area contributed by atoms with Crippen LogP contribution in [0.15, 0.2) is 58.8 Å². The molecular formula is C20H18N4O7S2. The van der Waals surface area contributed by atoms with Crippen LogP contribution in [0.5, 0.6) is 0 Å². The molecule has 0 fully saturated rings. The van der Waals surface area contributed by atoms with Crippen molar-refractivity contribution < 1.29 is 27.7 Å². The van der Waals surface area contributed by atoms with Gasteiger partial charge in [-0.2, -0.15) is 0 Å². The number of aromatic nitrogens is 1. The van der Waals surface area contributed by atoms with E-state index in [4.69, 9.17) is 4.74 Å². The maximum Gasteiger partial charge on any atom is 0.338 e. The quantitative estimate of drug-likeness (QED) is 0.277. The normalized spacial score (nSPS) is 12.1. The molecule has 33 heavy (non-hydrogen) atoms. The molecule has 1 heterocycles. The van der Waals surface area contributed by atoms with Gasteiger partial charge in [0.2, 0.25) is 10.0 Å². The van der Waals surface area contributed by atoms with Gasteiger partial charge in [-0.05, 0) is 32.2 Å². The lowest BCUT2D eigenvalue weighted by Gasteiger charge is -2.13. The van der Waals surface area contributed by atoms with Crippen LogP contribution in [0.4, 0.5) is 10.8 Å². The number of ether oxygens (including phenoxy) is 1. The van der Waals surface area contributed by atoms with E-state index in [0.29, 0.717) is 11.3 Å². The number of non-ortho nitro benzene ring substituents is 1. The van der Waals surface area contributed by atoms with E-state index < -0.39 is 32.9 Å². The van der Waals surface area contributed by atoms with E-state index in [0.717, 1.165) is 17.4 Å². The predicted octanol–water partition coefficient (Wildman–Crippen LogP) is 2.81. The Morgan fingerprint density at radius 2 is 1.91 bits per heavy atom. The van der Waals surface area contributed by atoms with E-state index in [1.54, 1.807) is 11.4 Å². The molecule has 0 aliphatic carbocycles. The van der Waals surface area contributed by atoms with Gasteiger partial charge in [0, 0.05) is 23.1 Å². The van der Waals surface area contributed by atoms with E-state index in [1.807, 2.05) is 0 Å². The average molecular weight is 491 g/mol. The van der Waals surface area contributed by atoms with Gasteiger partial charge in [-0.25, -0.2) is 22.9 Å². The zero-order valence-electron chi connectivity index (χ0n) is 17.3. The fourth-order valence-corrected chi connectivity index (χ4v) is 4.14. The molecule has 1 aromatic heterocycles. The Hall–Kier alpha value is -3.68. The van der Waals surface area contributed by atoms with Crippen molar-refractivity contribution in [2.75, 3.05) is 12.4 Å². The molecular weight excluding hydrogens is 472 g/mol. The van der Waals surface area contributed by atoms with Crippen LogP contribution in [0.25, 0.3) is 11.3 Å². The van der Waals surface area contributed by atoms with Gasteiger partial charge in [0.05, 0.1) is 21.1 Å². The molecule has 3 aromatic rings. The highest BCUT2D eigenvalue weighted by atomic mass is 32.2. The molecule has 0 aliphatic heterocycles. The Morgan fingerprint density at radius 1 is 1.18 bits per heavy atom. The number of nitrogens with zero attached hydrogens (tertiary/aromatic N) is 2. The molecule has 11 nitrogen and oxygen atoms in total. The Kier molecular flexibility index (Phi) is 7.16. The molecule has 2 N–H and O–H groups in total. The Morgan fingerprint density at radius 3 is 2.61 bits per heavy atom. The number of carbonyl (C=O) groups is 2. The van der Waals surface area contributed by atoms with Gasteiger partial charge < -0.3 is 4.74 Å².